The van der Waals surface area contributed by atoms with Crippen LogP contribution in [0.15, 0.2) is 29.8 Å². The molecule has 1 heterocycles. The molecule has 0 radical (unpaired) electrons. The molecule has 2 nitrogen and oxygen atoms in total. The maximum Gasteiger partial charge on any atom is 0.115 e. The first-order valence-corrected chi connectivity index (χ1v) is 8.11. The number of hydrogen-bond donors (Lipinski definition) is 1. The summed E-state index contributed by atoms with van der Waals surface area (Å²) in [5.41, 5.74) is 4.42. The van der Waals surface area contributed by atoms with E-state index in [1.165, 1.54) is 23.1 Å². The van der Waals surface area contributed by atoms with E-state index in [1.54, 1.807) is 0 Å². The molecule has 1 aliphatic carbocycles. The van der Waals surface area contributed by atoms with Gasteiger partial charge < -0.3 is 5.11 Å². The Kier molecular flexibility index (Phi) is 3.61. The van der Waals surface area contributed by atoms with Crippen molar-refractivity contribution in [2.45, 2.75) is 52.0 Å². The fourth-order valence-corrected chi connectivity index (χ4v) is 4.22. The number of piperidine rings is 1. The van der Waals surface area contributed by atoms with Gasteiger partial charge in [-0.25, -0.2) is 0 Å². The zero-order chi connectivity index (χ0) is 15.2. The molecule has 0 amide bonds. The molecule has 1 N–H and O–H groups in total. The number of aromatic hydroxyl groups is 1. The molecule has 21 heavy (non-hydrogen) atoms. The Morgan fingerprint density at radius 2 is 2.19 bits per heavy atom. The van der Waals surface area contributed by atoms with Crippen molar-refractivity contribution >= 4 is 0 Å². The molecule has 2 aliphatic rings. The second-order valence-electron chi connectivity index (χ2n) is 7.35. The molecule has 1 aliphatic heterocycles. The minimum Gasteiger partial charge on any atom is -0.508 e. The smallest absolute Gasteiger partial charge is 0.115 e. The van der Waals surface area contributed by atoms with Crippen LogP contribution in [0.25, 0.3) is 0 Å². The zero-order valence-corrected chi connectivity index (χ0v) is 13.7. The van der Waals surface area contributed by atoms with Gasteiger partial charge in [0.2, 0.25) is 0 Å². The van der Waals surface area contributed by atoms with Crippen molar-refractivity contribution in [3.63, 3.8) is 0 Å². The van der Waals surface area contributed by atoms with Gasteiger partial charge in [0.05, 0.1) is 0 Å². The lowest BCUT2D eigenvalue weighted by Crippen LogP contribution is -2.57. The fraction of sp³-hybridized carbons (Fsp3) is 0.579. The SMILES string of the molecule is CC(C)=CCN1CCC2(C)c3cc(O)ccc3C[C@@H]1C2C. The van der Waals surface area contributed by atoms with Gasteiger partial charge in [0, 0.05) is 12.6 Å². The Balaban J connectivity index is 1.96. The Bertz CT molecular complexity index is 573. The number of nitrogens with zero attached hydrogens (tertiary/aromatic N) is 1. The lowest BCUT2D eigenvalue weighted by molar-refractivity contribution is 0.0397. The van der Waals surface area contributed by atoms with Gasteiger partial charge in [-0.15, -0.1) is 0 Å². The molecule has 0 spiro atoms. The molecule has 2 bridgehead atoms. The largest absolute Gasteiger partial charge is 0.508 e. The van der Waals surface area contributed by atoms with Crippen LogP contribution in [0.1, 0.15) is 45.2 Å². The molecular formula is C19H27NO. The van der Waals surface area contributed by atoms with Crippen molar-refractivity contribution in [1.82, 2.24) is 4.90 Å². The molecule has 3 atom stereocenters. The Hall–Kier alpha value is -1.28. The van der Waals surface area contributed by atoms with Crippen molar-refractivity contribution in [2.24, 2.45) is 5.92 Å². The first-order valence-electron chi connectivity index (χ1n) is 8.11. The molecule has 0 aromatic heterocycles. The summed E-state index contributed by atoms with van der Waals surface area (Å²) in [4.78, 5) is 2.65. The predicted molar refractivity (Wildman–Crippen MR) is 87.7 cm³/mol. The van der Waals surface area contributed by atoms with Crippen LogP contribution in [0.5, 0.6) is 5.75 Å². The molecule has 1 fully saturated rings. The lowest BCUT2D eigenvalue weighted by atomic mass is 9.59. The van der Waals surface area contributed by atoms with Gasteiger partial charge >= 0.3 is 0 Å². The number of allylic oxidation sites excluding steroid dienone is 1. The third-order valence-electron chi connectivity index (χ3n) is 5.84. The normalized spacial score (nSPS) is 31.6. The summed E-state index contributed by atoms with van der Waals surface area (Å²) in [6.45, 7) is 11.4. The maximum atomic E-state index is 9.87. The fourth-order valence-electron chi connectivity index (χ4n) is 4.22. The maximum absolute atomic E-state index is 9.87. The number of fused-ring (bicyclic) bond motifs is 4. The van der Waals surface area contributed by atoms with Crippen LogP contribution in [-0.4, -0.2) is 29.1 Å². The van der Waals surface area contributed by atoms with Gasteiger partial charge in [-0.05, 0) is 67.8 Å². The molecule has 2 heteroatoms. The number of benzene rings is 1. The van der Waals surface area contributed by atoms with E-state index in [-0.39, 0.29) is 5.41 Å². The van der Waals surface area contributed by atoms with E-state index in [9.17, 15) is 5.11 Å². The molecule has 3 rings (SSSR count). The zero-order valence-electron chi connectivity index (χ0n) is 13.7. The van der Waals surface area contributed by atoms with Gasteiger partial charge in [0.15, 0.2) is 0 Å². The van der Waals surface area contributed by atoms with Crippen molar-refractivity contribution in [2.75, 3.05) is 13.1 Å². The first-order chi connectivity index (χ1) is 9.91. The first kappa shape index (κ1) is 14.6. The second kappa shape index (κ2) is 5.17. The highest BCUT2D eigenvalue weighted by molar-refractivity contribution is 5.44. The van der Waals surface area contributed by atoms with E-state index in [2.05, 4.69) is 44.7 Å². The monoisotopic (exact) mass is 285 g/mol. The average Bonchev–Trinajstić information content (AvgIpc) is 2.43. The standard InChI is InChI=1S/C19H27NO/c1-13(2)7-9-20-10-8-19(4)14(3)18(20)11-15-5-6-16(21)12-17(15)19/h5-7,12,14,18,21H,8-11H2,1-4H3/t14?,18-,19?/m1/s1. The Labute approximate surface area is 128 Å². The van der Waals surface area contributed by atoms with Crippen LogP contribution in [0.2, 0.25) is 0 Å². The summed E-state index contributed by atoms with van der Waals surface area (Å²) in [6.07, 6.45) is 4.64. The van der Waals surface area contributed by atoms with E-state index >= 15 is 0 Å². The number of phenols is 1. The van der Waals surface area contributed by atoms with Crippen molar-refractivity contribution in [3.05, 3.63) is 41.0 Å². The summed E-state index contributed by atoms with van der Waals surface area (Å²) in [5, 5.41) is 9.87. The number of rotatable bonds is 2. The third-order valence-corrected chi connectivity index (χ3v) is 5.84. The number of phenolic OH excluding ortho intramolecular Hbond substituents is 1. The topological polar surface area (TPSA) is 23.5 Å². The second-order valence-corrected chi connectivity index (χ2v) is 7.35. The molecular weight excluding hydrogens is 258 g/mol. The van der Waals surface area contributed by atoms with Crippen LogP contribution in [-0.2, 0) is 11.8 Å². The van der Waals surface area contributed by atoms with Gasteiger partial charge in [-0.3, -0.25) is 4.90 Å². The predicted octanol–water partition coefficient (Wildman–Crippen LogP) is 3.88. The minimum absolute atomic E-state index is 0.207. The van der Waals surface area contributed by atoms with E-state index in [0.717, 1.165) is 19.5 Å². The van der Waals surface area contributed by atoms with E-state index < -0.39 is 0 Å². The van der Waals surface area contributed by atoms with E-state index in [0.29, 0.717) is 17.7 Å². The summed E-state index contributed by atoms with van der Waals surface area (Å²) in [5.74, 6) is 1.04. The van der Waals surface area contributed by atoms with Gasteiger partial charge in [-0.1, -0.05) is 31.6 Å². The molecule has 1 saturated heterocycles. The van der Waals surface area contributed by atoms with Gasteiger partial charge in [-0.2, -0.15) is 0 Å². The van der Waals surface area contributed by atoms with Gasteiger partial charge in [0.25, 0.3) is 0 Å². The molecule has 114 valence electrons. The molecule has 2 unspecified atom stereocenters. The van der Waals surface area contributed by atoms with Crippen LogP contribution in [0.3, 0.4) is 0 Å². The van der Waals surface area contributed by atoms with Crippen LogP contribution >= 0.6 is 0 Å². The highest BCUT2D eigenvalue weighted by Gasteiger charge is 2.48. The summed E-state index contributed by atoms with van der Waals surface area (Å²) in [7, 11) is 0. The number of hydrogen-bond acceptors (Lipinski definition) is 2. The average molecular weight is 285 g/mol. The highest BCUT2D eigenvalue weighted by Crippen LogP contribution is 2.49. The minimum atomic E-state index is 0.207. The van der Waals surface area contributed by atoms with Crippen LogP contribution in [0, 0.1) is 5.92 Å². The molecule has 1 aromatic rings. The quantitative estimate of drug-likeness (QED) is 0.834. The van der Waals surface area contributed by atoms with E-state index in [1.807, 2.05) is 12.1 Å². The Morgan fingerprint density at radius 1 is 1.43 bits per heavy atom. The van der Waals surface area contributed by atoms with Crippen molar-refractivity contribution in [3.8, 4) is 5.75 Å². The van der Waals surface area contributed by atoms with Crippen molar-refractivity contribution in [1.29, 1.82) is 0 Å². The lowest BCUT2D eigenvalue weighted by Gasteiger charge is -2.54. The van der Waals surface area contributed by atoms with Crippen LogP contribution in [0.4, 0.5) is 0 Å². The van der Waals surface area contributed by atoms with Crippen LogP contribution < -0.4 is 0 Å². The summed E-state index contributed by atoms with van der Waals surface area (Å²) < 4.78 is 0. The molecule has 0 saturated carbocycles. The van der Waals surface area contributed by atoms with Gasteiger partial charge in [0.1, 0.15) is 5.75 Å². The number of likely N-dealkylation sites (tertiary alicyclic amines) is 1. The Morgan fingerprint density at radius 3 is 2.90 bits per heavy atom. The van der Waals surface area contributed by atoms with Crippen molar-refractivity contribution < 1.29 is 5.11 Å². The summed E-state index contributed by atoms with van der Waals surface area (Å²) in [6, 6.07) is 6.60. The van der Waals surface area contributed by atoms with E-state index in [4.69, 9.17) is 0 Å². The summed E-state index contributed by atoms with van der Waals surface area (Å²) >= 11 is 0. The third kappa shape index (κ3) is 2.40. The molecule has 1 aromatic carbocycles. The highest BCUT2D eigenvalue weighted by atomic mass is 16.3.